The first-order valence-electron chi connectivity index (χ1n) is 6.54. The van der Waals surface area contributed by atoms with Crippen LogP contribution in [0.25, 0.3) is 0 Å². The molecule has 1 aromatic carbocycles. The highest BCUT2D eigenvalue weighted by molar-refractivity contribution is 7.98. The van der Waals surface area contributed by atoms with Gasteiger partial charge in [0.05, 0.1) is 4.90 Å². The monoisotopic (exact) mass is 355 g/mol. The highest BCUT2D eigenvalue weighted by Crippen LogP contribution is 2.16. The van der Waals surface area contributed by atoms with E-state index in [9.17, 15) is 13.2 Å². The molecule has 0 fully saturated rings. The van der Waals surface area contributed by atoms with Crippen molar-refractivity contribution >= 4 is 33.6 Å². The summed E-state index contributed by atoms with van der Waals surface area (Å²) in [5, 5.41) is 7.33. The summed E-state index contributed by atoms with van der Waals surface area (Å²) in [6.45, 7) is 0. The lowest BCUT2D eigenvalue weighted by atomic mass is 10.2. The van der Waals surface area contributed by atoms with Crippen molar-refractivity contribution in [2.45, 2.75) is 10.1 Å². The van der Waals surface area contributed by atoms with Crippen molar-refractivity contribution in [2.24, 2.45) is 7.05 Å². The number of rotatable bonds is 5. The summed E-state index contributed by atoms with van der Waals surface area (Å²) in [5.74, 6) is -0.205. The lowest BCUT2D eigenvalue weighted by Crippen LogP contribution is -2.22. The van der Waals surface area contributed by atoms with E-state index >= 15 is 0 Å². The molecule has 0 aliphatic heterocycles. The largest absolute Gasteiger partial charge is 0.289 e. The first kappa shape index (κ1) is 17.4. The zero-order valence-electron chi connectivity index (χ0n) is 13.1. The number of amides is 1. The van der Waals surface area contributed by atoms with Crippen molar-refractivity contribution in [3.05, 3.63) is 29.8 Å². The quantitative estimate of drug-likeness (QED) is 0.805. The van der Waals surface area contributed by atoms with E-state index in [1.807, 2.05) is 6.26 Å². The van der Waals surface area contributed by atoms with Crippen LogP contribution >= 0.6 is 11.8 Å². The minimum Gasteiger partial charge on any atom is -0.289 e. The number of anilines is 1. The highest BCUT2D eigenvalue weighted by atomic mass is 32.2. The van der Waals surface area contributed by atoms with Crippen LogP contribution in [-0.4, -0.2) is 53.7 Å². The van der Waals surface area contributed by atoms with Crippen LogP contribution in [0.4, 0.5) is 5.95 Å². The van der Waals surface area contributed by atoms with E-state index in [2.05, 4.69) is 15.4 Å². The molecule has 1 N–H and O–H groups in total. The molecule has 1 amide bonds. The Morgan fingerprint density at radius 1 is 1.26 bits per heavy atom. The molecule has 0 spiro atoms. The Kier molecular flexibility index (Phi) is 5.07. The standard InChI is InChI=1S/C13H17N5O3S2/c1-17(2)23(20,21)10-7-5-9(6-8-10)11(19)14-12-15-13(22-4)18(3)16-12/h5-8H,1-4H3,(H,14,16,19). The van der Waals surface area contributed by atoms with Gasteiger partial charge in [0, 0.05) is 26.7 Å². The van der Waals surface area contributed by atoms with Gasteiger partial charge in [0.25, 0.3) is 5.91 Å². The summed E-state index contributed by atoms with van der Waals surface area (Å²) in [7, 11) is 1.12. The second kappa shape index (κ2) is 6.69. The van der Waals surface area contributed by atoms with Gasteiger partial charge in [-0.1, -0.05) is 11.8 Å². The SMILES string of the molecule is CSc1nc(NC(=O)c2ccc(S(=O)(=O)N(C)C)cc2)nn1C. The first-order valence-corrected chi connectivity index (χ1v) is 9.21. The maximum absolute atomic E-state index is 12.2. The van der Waals surface area contributed by atoms with Gasteiger partial charge in [0.1, 0.15) is 0 Å². The van der Waals surface area contributed by atoms with Gasteiger partial charge in [0.2, 0.25) is 16.0 Å². The number of benzene rings is 1. The molecule has 23 heavy (non-hydrogen) atoms. The van der Waals surface area contributed by atoms with Crippen LogP contribution < -0.4 is 5.32 Å². The zero-order valence-corrected chi connectivity index (χ0v) is 14.8. The molecule has 0 saturated heterocycles. The lowest BCUT2D eigenvalue weighted by Gasteiger charge is -2.11. The molecule has 0 aliphatic carbocycles. The van der Waals surface area contributed by atoms with Crippen LogP contribution in [0.3, 0.4) is 0 Å². The van der Waals surface area contributed by atoms with E-state index in [4.69, 9.17) is 0 Å². The smallest absolute Gasteiger partial charge is 0.258 e. The van der Waals surface area contributed by atoms with Crippen LogP contribution in [0.5, 0.6) is 0 Å². The van der Waals surface area contributed by atoms with Gasteiger partial charge in [-0.25, -0.2) is 17.4 Å². The molecular weight excluding hydrogens is 338 g/mol. The summed E-state index contributed by atoms with van der Waals surface area (Å²) >= 11 is 1.41. The number of aromatic nitrogens is 3. The van der Waals surface area contributed by atoms with Crippen molar-refractivity contribution in [1.82, 2.24) is 19.1 Å². The van der Waals surface area contributed by atoms with E-state index < -0.39 is 15.9 Å². The maximum atomic E-state index is 12.2. The molecule has 0 aliphatic rings. The number of hydrogen-bond donors (Lipinski definition) is 1. The van der Waals surface area contributed by atoms with Crippen LogP contribution in [0.1, 0.15) is 10.4 Å². The number of sulfonamides is 1. The average Bonchev–Trinajstić information content (AvgIpc) is 2.86. The van der Waals surface area contributed by atoms with E-state index in [1.54, 1.807) is 11.7 Å². The van der Waals surface area contributed by atoms with E-state index in [0.29, 0.717) is 10.7 Å². The van der Waals surface area contributed by atoms with Gasteiger partial charge in [-0.2, -0.15) is 4.98 Å². The number of carbonyl (C=O) groups is 1. The molecule has 0 unspecified atom stereocenters. The topological polar surface area (TPSA) is 97.2 Å². The predicted molar refractivity (Wildman–Crippen MR) is 88.1 cm³/mol. The Morgan fingerprint density at radius 2 is 1.87 bits per heavy atom. The summed E-state index contributed by atoms with van der Waals surface area (Å²) in [6.07, 6.45) is 1.86. The van der Waals surface area contributed by atoms with E-state index in [0.717, 1.165) is 4.31 Å². The van der Waals surface area contributed by atoms with Crippen molar-refractivity contribution in [3.63, 3.8) is 0 Å². The molecule has 1 heterocycles. The molecule has 2 aromatic rings. The van der Waals surface area contributed by atoms with E-state index in [-0.39, 0.29) is 10.8 Å². The third kappa shape index (κ3) is 3.71. The third-order valence-corrected chi connectivity index (χ3v) is 5.58. The second-order valence-corrected chi connectivity index (χ2v) is 7.74. The molecule has 0 atom stereocenters. The fourth-order valence-corrected chi connectivity index (χ4v) is 3.15. The Balaban J connectivity index is 2.17. The van der Waals surface area contributed by atoms with Gasteiger partial charge in [-0.05, 0) is 30.5 Å². The maximum Gasteiger partial charge on any atom is 0.258 e. The lowest BCUT2D eigenvalue weighted by molar-refractivity contribution is 0.102. The molecule has 0 bridgehead atoms. The molecule has 1 aromatic heterocycles. The summed E-state index contributed by atoms with van der Waals surface area (Å²) < 4.78 is 26.6. The van der Waals surface area contributed by atoms with Crippen LogP contribution in [0.2, 0.25) is 0 Å². The molecule has 0 radical (unpaired) electrons. The summed E-state index contributed by atoms with van der Waals surface area (Å²) in [4.78, 5) is 16.4. The minimum atomic E-state index is -3.51. The minimum absolute atomic E-state index is 0.125. The molecule has 2 rings (SSSR count). The Bertz CT molecular complexity index is 813. The van der Waals surface area contributed by atoms with Gasteiger partial charge < -0.3 is 0 Å². The van der Waals surface area contributed by atoms with E-state index in [1.165, 1.54) is 50.1 Å². The number of hydrogen-bond acceptors (Lipinski definition) is 6. The van der Waals surface area contributed by atoms with Gasteiger partial charge in [0.15, 0.2) is 5.16 Å². The second-order valence-electron chi connectivity index (χ2n) is 4.81. The van der Waals surface area contributed by atoms with Crippen LogP contribution in [-0.2, 0) is 17.1 Å². The average molecular weight is 355 g/mol. The number of nitrogens with zero attached hydrogens (tertiary/aromatic N) is 4. The molecule has 10 heteroatoms. The zero-order chi connectivity index (χ0) is 17.2. The summed E-state index contributed by atoms with van der Waals surface area (Å²) in [5.41, 5.74) is 0.320. The molecule has 0 saturated carbocycles. The van der Waals surface area contributed by atoms with Gasteiger partial charge >= 0.3 is 0 Å². The molecule has 8 nitrogen and oxygen atoms in total. The first-order chi connectivity index (χ1) is 10.8. The Morgan fingerprint density at radius 3 is 2.35 bits per heavy atom. The van der Waals surface area contributed by atoms with Crippen molar-refractivity contribution in [2.75, 3.05) is 25.7 Å². The van der Waals surface area contributed by atoms with Crippen molar-refractivity contribution in [3.8, 4) is 0 Å². The normalized spacial score (nSPS) is 11.7. The highest BCUT2D eigenvalue weighted by Gasteiger charge is 2.18. The Hall–Kier alpha value is -1.91. The summed E-state index contributed by atoms with van der Waals surface area (Å²) in [6, 6.07) is 5.68. The molecule has 124 valence electrons. The Labute approximate surface area is 138 Å². The number of thioether (sulfide) groups is 1. The third-order valence-electron chi connectivity index (χ3n) is 3.03. The van der Waals surface area contributed by atoms with Gasteiger partial charge in [-0.3, -0.25) is 10.1 Å². The van der Waals surface area contributed by atoms with Crippen molar-refractivity contribution in [1.29, 1.82) is 0 Å². The van der Waals surface area contributed by atoms with Crippen molar-refractivity contribution < 1.29 is 13.2 Å². The number of nitrogens with one attached hydrogen (secondary N) is 1. The van der Waals surface area contributed by atoms with Crippen LogP contribution in [0.15, 0.2) is 34.3 Å². The van der Waals surface area contributed by atoms with Crippen LogP contribution in [0, 0.1) is 0 Å². The fourth-order valence-electron chi connectivity index (χ4n) is 1.76. The predicted octanol–water partition coefficient (Wildman–Crippen LogP) is 1.04. The number of carbonyl (C=O) groups excluding carboxylic acids is 1. The van der Waals surface area contributed by atoms with Gasteiger partial charge in [-0.15, -0.1) is 5.10 Å². The molecular formula is C13H17N5O3S2. The fraction of sp³-hybridized carbons (Fsp3) is 0.308. The number of aryl methyl sites for hydroxylation is 1.